The van der Waals surface area contributed by atoms with Crippen molar-refractivity contribution in [1.29, 1.82) is 0 Å². The van der Waals surface area contributed by atoms with E-state index < -0.39 is 0 Å². The minimum absolute atomic E-state index is 1.01. The van der Waals surface area contributed by atoms with Gasteiger partial charge in [0.1, 0.15) is 0 Å². The molecule has 6 aromatic carbocycles. The van der Waals surface area contributed by atoms with Crippen molar-refractivity contribution in [2.45, 2.75) is 64.8 Å². The molecule has 0 spiro atoms. The third kappa shape index (κ3) is 6.96. The zero-order valence-corrected chi connectivity index (χ0v) is 30.2. The number of unbranched alkanes of at least 4 members (excludes halogenated alkanes) is 7. The Morgan fingerprint density at radius 2 is 1.06 bits per heavy atom. The Morgan fingerprint density at radius 3 is 1.77 bits per heavy atom. The van der Waals surface area contributed by atoms with Crippen molar-refractivity contribution in [3.8, 4) is 11.1 Å². The van der Waals surface area contributed by atoms with Crippen LogP contribution in [-0.2, 0) is 6.54 Å². The fourth-order valence-electron chi connectivity index (χ4n) is 7.86. The summed E-state index contributed by atoms with van der Waals surface area (Å²) in [7, 11) is 0. The molecule has 3 nitrogen and oxygen atoms in total. The van der Waals surface area contributed by atoms with E-state index >= 15 is 0 Å². The van der Waals surface area contributed by atoms with E-state index in [1.165, 1.54) is 101 Å². The van der Waals surface area contributed by atoms with Crippen molar-refractivity contribution in [2.75, 3.05) is 5.01 Å². The molecule has 0 amide bonds. The van der Waals surface area contributed by atoms with Crippen LogP contribution in [0.4, 0.5) is 11.4 Å². The Bertz CT molecular complexity index is 2300. The zero-order chi connectivity index (χ0) is 35.1. The number of anilines is 2. The summed E-state index contributed by atoms with van der Waals surface area (Å²) in [5.74, 6) is 0. The smallest absolute Gasteiger partial charge is 0.0653 e. The van der Waals surface area contributed by atoms with Crippen molar-refractivity contribution in [1.82, 2.24) is 4.57 Å². The van der Waals surface area contributed by atoms with E-state index in [2.05, 4.69) is 163 Å². The van der Waals surface area contributed by atoms with E-state index in [1.54, 1.807) is 0 Å². The Hall–Kier alpha value is -5.67. The third-order valence-electron chi connectivity index (χ3n) is 10.5. The van der Waals surface area contributed by atoms with Crippen LogP contribution in [0, 0.1) is 0 Å². The number of para-hydroxylation sites is 2. The number of hydrazone groups is 1. The van der Waals surface area contributed by atoms with Crippen LogP contribution in [0.5, 0.6) is 0 Å². The molecule has 1 aliphatic carbocycles. The maximum Gasteiger partial charge on any atom is 0.0653 e. The quantitative estimate of drug-likeness (QED) is 0.0637. The molecule has 0 unspecified atom stereocenters. The van der Waals surface area contributed by atoms with E-state index in [-0.39, 0.29) is 0 Å². The van der Waals surface area contributed by atoms with Gasteiger partial charge in [-0.25, -0.2) is 5.01 Å². The summed E-state index contributed by atoms with van der Waals surface area (Å²) in [6.07, 6.45) is 15.0. The lowest BCUT2D eigenvalue weighted by Gasteiger charge is -2.19. The predicted octanol–water partition coefficient (Wildman–Crippen LogP) is 13.7. The Kier molecular flexibility index (Phi) is 10.1. The minimum Gasteiger partial charge on any atom is -0.340 e. The molecule has 1 heterocycles. The summed E-state index contributed by atoms with van der Waals surface area (Å²) in [4.78, 5) is 0. The van der Waals surface area contributed by atoms with Crippen molar-refractivity contribution in [3.05, 3.63) is 168 Å². The normalized spacial score (nSPS) is 12.1. The van der Waals surface area contributed by atoms with Crippen LogP contribution in [-0.4, -0.2) is 10.8 Å². The number of nitrogens with zero attached hydrogens (tertiary/aromatic N) is 3. The van der Waals surface area contributed by atoms with E-state index in [0.29, 0.717) is 0 Å². The molecular weight excluding hydrogens is 631 g/mol. The van der Waals surface area contributed by atoms with Gasteiger partial charge >= 0.3 is 0 Å². The van der Waals surface area contributed by atoms with Gasteiger partial charge in [0, 0.05) is 28.4 Å². The summed E-state index contributed by atoms with van der Waals surface area (Å²) in [6, 6.07) is 52.2. The van der Waals surface area contributed by atoms with E-state index in [4.69, 9.17) is 5.10 Å². The van der Waals surface area contributed by atoms with E-state index in [0.717, 1.165) is 29.0 Å². The molecular formula is C49H47N3. The first kappa shape index (κ1) is 33.5. The highest BCUT2D eigenvalue weighted by Crippen LogP contribution is 2.44. The van der Waals surface area contributed by atoms with Crippen LogP contribution in [0.2, 0.25) is 0 Å². The highest BCUT2D eigenvalue weighted by Gasteiger charge is 2.22. The monoisotopic (exact) mass is 677 g/mol. The molecule has 0 saturated heterocycles. The van der Waals surface area contributed by atoms with Crippen LogP contribution in [0.15, 0.2) is 151 Å². The van der Waals surface area contributed by atoms with Crippen LogP contribution in [0.3, 0.4) is 0 Å². The van der Waals surface area contributed by atoms with Crippen LogP contribution in [0.1, 0.15) is 80.5 Å². The molecule has 1 aromatic heterocycles. The second-order valence-corrected chi connectivity index (χ2v) is 14.1. The SMILES string of the molecule is CCCCCCCCCCn1c2ccccc2c2cc(/C=N\N(c3ccccc3)c3ccc(C=C4c5ccccc5-c5ccccc54)cc3)ccc21. The number of aryl methyl sites for hydroxylation is 1. The van der Waals surface area contributed by atoms with Crippen molar-refractivity contribution in [2.24, 2.45) is 5.10 Å². The number of benzene rings is 6. The van der Waals surface area contributed by atoms with Gasteiger partial charge in [-0.05, 0) is 93.9 Å². The molecule has 52 heavy (non-hydrogen) atoms. The van der Waals surface area contributed by atoms with Gasteiger partial charge in [-0.15, -0.1) is 0 Å². The number of aromatic nitrogens is 1. The van der Waals surface area contributed by atoms with Crippen molar-refractivity contribution < 1.29 is 0 Å². The molecule has 7 aromatic rings. The second-order valence-electron chi connectivity index (χ2n) is 14.1. The summed E-state index contributed by atoms with van der Waals surface area (Å²) in [5, 5.41) is 9.74. The lowest BCUT2D eigenvalue weighted by Crippen LogP contribution is -2.09. The van der Waals surface area contributed by atoms with Crippen LogP contribution >= 0.6 is 0 Å². The first-order valence-electron chi connectivity index (χ1n) is 19.2. The van der Waals surface area contributed by atoms with Crippen molar-refractivity contribution >= 4 is 51.0 Å². The van der Waals surface area contributed by atoms with Crippen LogP contribution in [0.25, 0.3) is 44.6 Å². The average Bonchev–Trinajstić information content (AvgIpc) is 3.69. The molecule has 0 aliphatic heterocycles. The predicted molar refractivity (Wildman–Crippen MR) is 224 cm³/mol. The Labute approximate surface area is 308 Å². The van der Waals surface area contributed by atoms with Crippen LogP contribution < -0.4 is 5.01 Å². The fraction of sp³-hybridized carbons (Fsp3) is 0.204. The molecule has 8 rings (SSSR count). The van der Waals surface area contributed by atoms with Gasteiger partial charge in [0.15, 0.2) is 0 Å². The van der Waals surface area contributed by atoms with E-state index in [9.17, 15) is 0 Å². The standard InChI is InChI=1S/C49H47N3/c1-2-3-4-5-6-7-8-18-33-51-48-26-17-16-25-45(48)47-35-38(29-32-49(47)51)36-50-52(39-19-10-9-11-20-39)40-30-27-37(28-31-40)34-46-43-23-14-12-21-41(43)42-22-13-15-24-44(42)46/h9-17,19-32,34-36H,2-8,18,33H2,1H3/b50-36-. The Morgan fingerprint density at radius 1 is 0.500 bits per heavy atom. The molecule has 3 heteroatoms. The molecule has 0 atom stereocenters. The molecule has 0 radical (unpaired) electrons. The highest BCUT2D eigenvalue weighted by molar-refractivity contribution is 6.10. The molecule has 0 N–H and O–H groups in total. The fourth-order valence-corrected chi connectivity index (χ4v) is 7.86. The topological polar surface area (TPSA) is 20.5 Å². The van der Waals surface area contributed by atoms with Gasteiger partial charge in [0.25, 0.3) is 0 Å². The summed E-state index contributed by atoms with van der Waals surface area (Å²) < 4.78 is 2.53. The maximum absolute atomic E-state index is 5.10. The molecule has 0 fully saturated rings. The highest BCUT2D eigenvalue weighted by atomic mass is 15.5. The van der Waals surface area contributed by atoms with Gasteiger partial charge in [-0.3, -0.25) is 0 Å². The molecule has 0 saturated carbocycles. The second kappa shape index (κ2) is 15.7. The van der Waals surface area contributed by atoms with Crippen molar-refractivity contribution in [3.63, 3.8) is 0 Å². The number of hydrogen-bond donors (Lipinski definition) is 0. The van der Waals surface area contributed by atoms with Gasteiger partial charge in [0.05, 0.1) is 17.6 Å². The lowest BCUT2D eigenvalue weighted by atomic mass is 10.0. The summed E-state index contributed by atoms with van der Waals surface area (Å²) in [5.41, 5.74) is 13.4. The summed E-state index contributed by atoms with van der Waals surface area (Å²) >= 11 is 0. The average molecular weight is 678 g/mol. The van der Waals surface area contributed by atoms with Gasteiger partial charge in [-0.1, -0.05) is 155 Å². The molecule has 258 valence electrons. The zero-order valence-electron chi connectivity index (χ0n) is 30.2. The third-order valence-corrected chi connectivity index (χ3v) is 10.5. The van der Waals surface area contributed by atoms with Gasteiger partial charge < -0.3 is 4.57 Å². The van der Waals surface area contributed by atoms with E-state index in [1.807, 2.05) is 11.2 Å². The largest absolute Gasteiger partial charge is 0.340 e. The number of fused-ring (bicyclic) bond motifs is 6. The Balaban J connectivity index is 1.05. The lowest BCUT2D eigenvalue weighted by molar-refractivity contribution is 0.553. The molecule has 0 bridgehead atoms. The first-order chi connectivity index (χ1) is 25.8. The maximum atomic E-state index is 5.10. The molecule has 1 aliphatic rings. The number of hydrogen-bond acceptors (Lipinski definition) is 2. The van der Waals surface area contributed by atoms with Gasteiger partial charge in [0.2, 0.25) is 0 Å². The minimum atomic E-state index is 1.01. The summed E-state index contributed by atoms with van der Waals surface area (Å²) in [6.45, 7) is 3.34. The van der Waals surface area contributed by atoms with Gasteiger partial charge in [-0.2, -0.15) is 5.10 Å². The first-order valence-corrected chi connectivity index (χ1v) is 19.2. The number of rotatable bonds is 14.